The first-order valence-electron chi connectivity index (χ1n) is 9.11. The van der Waals surface area contributed by atoms with Gasteiger partial charge >= 0.3 is 0 Å². The van der Waals surface area contributed by atoms with E-state index in [0.29, 0.717) is 21.7 Å². The second kappa shape index (κ2) is 10.5. The molecule has 0 bridgehead atoms. The number of nitrogens with zero attached hydrogens (tertiary/aromatic N) is 4. The van der Waals surface area contributed by atoms with E-state index in [-0.39, 0.29) is 11.7 Å². The number of nitrogens with one attached hydrogen (secondary N) is 1. The molecule has 1 N–H and O–H groups in total. The summed E-state index contributed by atoms with van der Waals surface area (Å²) in [7, 11) is 0. The normalized spacial score (nSPS) is 10.9. The lowest BCUT2D eigenvalue weighted by Crippen LogP contribution is -2.15. The number of hydrogen-bond acceptors (Lipinski definition) is 5. The van der Waals surface area contributed by atoms with Gasteiger partial charge in [0.15, 0.2) is 11.0 Å². The van der Waals surface area contributed by atoms with Crippen LogP contribution < -0.4 is 5.32 Å². The van der Waals surface area contributed by atoms with Crippen LogP contribution in [0.3, 0.4) is 0 Å². The Morgan fingerprint density at radius 3 is 2.31 bits per heavy atom. The van der Waals surface area contributed by atoms with E-state index >= 15 is 0 Å². The molecule has 2 aromatic heterocycles. The number of halogens is 4. The van der Waals surface area contributed by atoms with Gasteiger partial charge in [-0.3, -0.25) is 14.3 Å². The first kappa shape index (κ1) is 23.4. The van der Waals surface area contributed by atoms with Crippen molar-refractivity contribution >= 4 is 82.7 Å². The Labute approximate surface area is 218 Å². The SMILES string of the molecule is O=C(CSc1nnc(-c2ccncc2)n1-c1ccc(Cl)cc1)Nc1c(Br)cc(Br)cc1Br. The molecule has 2 heterocycles. The third kappa shape index (κ3) is 5.43. The fourth-order valence-electron chi connectivity index (χ4n) is 2.84. The van der Waals surface area contributed by atoms with Crippen LogP contribution in [0.4, 0.5) is 5.69 Å². The summed E-state index contributed by atoms with van der Waals surface area (Å²) < 4.78 is 4.32. The topological polar surface area (TPSA) is 72.7 Å². The van der Waals surface area contributed by atoms with E-state index in [1.165, 1.54) is 11.8 Å². The van der Waals surface area contributed by atoms with Crippen molar-refractivity contribution in [1.82, 2.24) is 19.7 Å². The Morgan fingerprint density at radius 2 is 1.66 bits per heavy atom. The highest BCUT2D eigenvalue weighted by Gasteiger charge is 2.18. The average Bonchev–Trinajstić information content (AvgIpc) is 3.20. The van der Waals surface area contributed by atoms with Gasteiger partial charge in [-0.25, -0.2) is 0 Å². The van der Waals surface area contributed by atoms with Crippen molar-refractivity contribution in [2.75, 3.05) is 11.1 Å². The molecule has 0 spiro atoms. The lowest BCUT2D eigenvalue weighted by molar-refractivity contribution is -0.113. The van der Waals surface area contributed by atoms with Crippen LogP contribution in [-0.2, 0) is 4.79 Å². The zero-order valence-electron chi connectivity index (χ0n) is 16.1. The average molecular weight is 659 g/mol. The molecule has 0 atom stereocenters. The predicted molar refractivity (Wildman–Crippen MR) is 138 cm³/mol. The standard InChI is InChI=1S/C21H13Br3ClN5OS/c22-13-9-16(23)19(17(24)10-13)27-18(31)11-32-21-29-28-20(12-5-7-26-8-6-12)30(21)15-3-1-14(25)2-4-15/h1-10H,11H2,(H,27,31). The predicted octanol–water partition coefficient (Wildman–Crippen LogP) is 7.00. The maximum atomic E-state index is 12.7. The molecule has 4 rings (SSSR count). The molecule has 0 aliphatic carbocycles. The zero-order valence-corrected chi connectivity index (χ0v) is 22.4. The van der Waals surface area contributed by atoms with Crippen LogP contribution >= 0.6 is 71.2 Å². The molecule has 0 aliphatic rings. The summed E-state index contributed by atoms with van der Waals surface area (Å²) in [5.74, 6) is 0.627. The van der Waals surface area contributed by atoms with Gasteiger partial charge in [-0.2, -0.15) is 0 Å². The number of aromatic nitrogens is 4. The van der Waals surface area contributed by atoms with Gasteiger partial charge in [-0.1, -0.05) is 39.3 Å². The van der Waals surface area contributed by atoms with Crippen LogP contribution in [0.2, 0.25) is 5.02 Å². The van der Waals surface area contributed by atoms with E-state index in [9.17, 15) is 4.79 Å². The first-order chi connectivity index (χ1) is 15.4. The first-order valence-corrected chi connectivity index (χ1v) is 12.9. The van der Waals surface area contributed by atoms with Gasteiger partial charge < -0.3 is 5.32 Å². The molecular weight excluding hydrogens is 645 g/mol. The number of thioether (sulfide) groups is 1. The van der Waals surface area contributed by atoms with Gasteiger partial charge in [0.25, 0.3) is 0 Å². The van der Waals surface area contributed by atoms with Crippen LogP contribution in [0, 0.1) is 0 Å². The summed E-state index contributed by atoms with van der Waals surface area (Å²) in [6.45, 7) is 0. The van der Waals surface area contributed by atoms with E-state index in [0.717, 1.165) is 24.7 Å². The highest BCUT2D eigenvalue weighted by atomic mass is 79.9. The van der Waals surface area contributed by atoms with Gasteiger partial charge in [-0.05, 0) is 80.4 Å². The molecule has 0 unspecified atom stereocenters. The van der Waals surface area contributed by atoms with Gasteiger partial charge in [0.1, 0.15) is 0 Å². The maximum absolute atomic E-state index is 12.7. The minimum absolute atomic E-state index is 0.150. The number of rotatable bonds is 6. The zero-order chi connectivity index (χ0) is 22.7. The second-order valence-electron chi connectivity index (χ2n) is 6.44. The number of hydrogen-bond donors (Lipinski definition) is 1. The smallest absolute Gasteiger partial charge is 0.234 e. The molecule has 162 valence electrons. The molecular formula is C21H13Br3ClN5OS. The van der Waals surface area contributed by atoms with E-state index < -0.39 is 0 Å². The second-order valence-corrected chi connectivity index (χ2v) is 10.4. The van der Waals surface area contributed by atoms with Gasteiger partial charge in [0.05, 0.1) is 11.4 Å². The Hall–Kier alpha value is -1.72. The van der Waals surface area contributed by atoms with Crippen LogP contribution in [0.15, 0.2) is 79.5 Å². The fraction of sp³-hybridized carbons (Fsp3) is 0.0476. The number of carbonyl (C=O) groups is 1. The number of pyridine rings is 1. The summed E-state index contributed by atoms with van der Waals surface area (Å²) >= 11 is 17.7. The number of amides is 1. The number of carbonyl (C=O) groups excluding carboxylic acids is 1. The summed E-state index contributed by atoms with van der Waals surface area (Å²) in [5, 5.41) is 12.8. The third-order valence-corrected chi connectivity index (χ3v) is 7.15. The van der Waals surface area contributed by atoms with Crippen molar-refractivity contribution in [3.8, 4) is 17.1 Å². The lowest BCUT2D eigenvalue weighted by Gasteiger charge is -2.12. The largest absolute Gasteiger partial charge is 0.323 e. The number of anilines is 1. The molecule has 6 nitrogen and oxygen atoms in total. The molecule has 1 amide bonds. The minimum Gasteiger partial charge on any atom is -0.323 e. The molecule has 4 aromatic rings. The number of benzene rings is 2. The molecule has 32 heavy (non-hydrogen) atoms. The Kier molecular flexibility index (Phi) is 7.67. The molecule has 0 radical (unpaired) electrons. The third-order valence-electron chi connectivity index (χ3n) is 4.26. The van der Waals surface area contributed by atoms with Crippen LogP contribution in [0.25, 0.3) is 17.1 Å². The molecule has 0 aliphatic heterocycles. The van der Waals surface area contributed by atoms with Crippen molar-refractivity contribution in [3.63, 3.8) is 0 Å². The molecule has 11 heteroatoms. The Balaban J connectivity index is 1.59. The van der Waals surface area contributed by atoms with Crippen molar-refractivity contribution in [1.29, 1.82) is 0 Å². The molecule has 0 saturated heterocycles. The summed E-state index contributed by atoms with van der Waals surface area (Å²) in [5.41, 5.74) is 2.37. The highest BCUT2D eigenvalue weighted by Crippen LogP contribution is 2.35. The summed E-state index contributed by atoms with van der Waals surface area (Å²) in [6.07, 6.45) is 3.40. The fourth-order valence-corrected chi connectivity index (χ4v) is 6.18. The van der Waals surface area contributed by atoms with Crippen molar-refractivity contribution in [3.05, 3.63) is 79.4 Å². The van der Waals surface area contributed by atoms with Crippen molar-refractivity contribution < 1.29 is 4.79 Å². The Bertz CT molecular complexity index is 1250. The molecule has 2 aromatic carbocycles. The summed E-state index contributed by atoms with van der Waals surface area (Å²) in [4.78, 5) is 16.7. The highest BCUT2D eigenvalue weighted by molar-refractivity contribution is 9.11. The molecule has 0 saturated carbocycles. The van der Waals surface area contributed by atoms with E-state index in [1.54, 1.807) is 24.5 Å². The van der Waals surface area contributed by atoms with Gasteiger partial charge in [0.2, 0.25) is 5.91 Å². The van der Waals surface area contributed by atoms with Crippen LogP contribution in [-0.4, -0.2) is 31.4 Å². The minimum atomic E-state index is -0.171. The van der Waals surface area contributed by atoms with Gasteiger partial charge in [0, 0.05) is 42.1 Å². The summed E-state index contributed by atoms with van der Waals surface area (Å²) in [6, 6.07) is 14.8. The van der Waals surface area contributed by atoms with E-state index in [1.807, 2.05) is 41.0 Å². The quantitative estimate of drug-likeness (QED) is 0.226. The van der Waals surface area contributed by atoms with E-state index in [2.05, 4.69) is 68.3 Å². The van der Waals surface area contributed by atoms with Crippen molar-refractivity contribution in [2.24, 2.45) is 0 Å². The molecule has 0 fully saturated rings. The van der Waals surface area contributed by atoms with Crippen molar-refractivity contribution in [2.45, 2.75) is 5.16 Å². The lowest BCUT2D eigenvalue weighted by atomic mass is 10.2. The Morgan fingerprint density at radius 1 is 1.00 bits per heavy atom. The van der Waals surface area contributed by atoms with Crippen LogP contribution in [0.5, 0.6) is 0 Å². The van der Waals surface area contributed by atoms with Gasteiger partial charge in [-0.15, -0.1) is 10.2 Å². The van der Waals surface area contributed by atoms with Crippen LogP contribution in [0.1, 0.15) is 0 Å². The monoisotopic (exact) mass is 655 g/mol. The maximum Gasteiger partial charge on any atom is 0.234 e. The van der Waals surface area contributed by atoms with E-state index in [4.69, 9.17) is 11.6 Å².